The van der Waals surface area contributed by atoms with E-state index in [4.69, 9.17) is 10.8 Å². The van der Waals surface area contributed by atoms with Crippen LogP contribution in [-0.4, -0.2) is 34.3 Å². The normalized spacial score (nSPS) is 15.2. The third-order valence-electron chi connectivity index (χ3n) is 5.16. The molecule has 0 atom stereocenters. The van der Waals surface area contributed by atoms with E-state index in [2.05, 4.69) is 46.0 Å². The quantitative estimate of drug-likeness (QED) is 0.750. The second-order valence-corrected chi connectivity index (χ2v) is 6.97. The molecule has 4 nitrogen and oxygen atoms in total. The van der Waals surface area contributed by atoms with Gasteiger partial charge in [0.25, 0.3) is 0 Å². The molecule has 1 aromatic heterocycles. The third-order valence-corrected chi connectivity index (χ3v) is 5.16. The molecule has 26 heavy (non-hydrogen) atoms. The van der Waals surface area contributed by atoms with Crippen molar-refractivity contribution in [2.45, 2.75) is 25.8 Å². The lowest BCUT2D eigenvalue weighted by Crippen LogP contribution is -2.32. The van der Waals surface area contributed by atoms with E-state index < -0.39 is 0 Å². The summed E-state index contributed by atoms with van der Waals surface area (Å²) in [4.78, 5) is 2.54. The van der Waals surface area contributed by atoms with Gasteiger partial charge < -0.3 is 10.6 Å². The van der Waals surface area contributed by atoms with Crippen molar-refractivity contribution >= 4 is 5.69 Å². The number of hydrogen-bond donors (Lipinski definition) is 1. The van der Waals surface area contributed by atoms with E-state index in [1.807, 2.05) is 24.3 Å². The summed E-state index contributed by atoms with van der Waals surface area (Å²) in [5, 5.41) is 4.91. The van der Waals surface area contributed by atoms with Gasteiger partial charge in [-0.2, -0.15) is 5.10 Å². The number of hydrogen-bond acceptors (Lipinski definition) is 3. The van der Waals surface area contributed by atoms with Crippen LogP contribution in [0.1, 0.15) is 19.3 Å². The fourth-order valence-corrected chi connectivity index (χ4v) is 3.77. The highest BCUT2D eigenvalue weighted by Crippen LogP contribution is 2.34. The number of benzene rings is 2. The van der Waals surface area contributed by atoms with Crippen LogP contribution in [0.25, 0.3) is 22.5 Å². The molecular weight excluding hydrogens is 320 g/mol. The van der Waals surface area contributed by atoms with Gasteiger partial charge in [0.15, 0.2) is 0 Å². The molecule has 0 saturated carbocycles. The fraction of sp³-hybridized carbons (Fsp3) is 0.318. The second-order valence-electron chi connectivity index (χ2n) is 6.97. The van der Waals surface area contributed by atoms with Crippen LogP contribution in [0.4, 0.5) is 5.69 Å². The Balaban J connectivity index is 1.69. The lowest BCUT2D eigenvalue weighted by Gasteiger charge is -2.26. The van der Waals surface area contributed by atoms with Crippen molar-refractivity contribution in [2.24, 2.45) is 0 Å². The summed E-state index contributed by atoms with van der Waals surface area (Å²) >= 11 is 0. The molecule has 0 bridgehead atoms. The minimum absolute atomic E-state index is 0.765. The average Bonchev–Trinajstić information content (AvgIpc) is 3.05. The summed E-state index contributed by atoms with van der Waals surface area (Å²) in [6.45, 7) is 4.28. The Hall–Kier alpha value is -2.59. The van der Waals surface area contributed by atoms with E-state index >= 15 is 0 Å². The number of likely N-dealkylation sites (tertiary alicyclic amines) is 1. The molecule has 1 saturated heterocycles. The first-order valence-electron chi connectivity index (χ1n) is 9.52. The Morgan fingerprint density at radius 1 is 0.769 bits per heavy atom. The van der Waals surface area contributed by atoms with Gasteiger partial charge in [-0.1, -0.05) is 67.1 Å². The summed E-state index contributed by atoms with van der Waals surface area (Å²) < 4.78 is 2.10. The lowest BCUT2D eigenvalue weighted by atomic mass is 10.1. The van der Waals surface area contributed by atoms with E-state index in [9.17, 15) is 0 Å². The topological polar surface area (TPSA) is 47.1 Å². The Morgan fingerprint density at radius 3 is 2.04 bits per heavy atom. The predicted octanol–water partition coefficient (Wildman–Crippen LogP) is 4.29. The van der Waals surface area contributed by atoms with Gasteiger partial charge in [-0.3, -0.25) is 4.68 Å². The van der Waals surface area contributed by atoms with Crippen molar-refractivity contribution in [3.8, 4) is 22.5 Å². The molecule has 0 amide bonds. The van der Waals surface area contributed by atoms with Crippen LogP contribution in [-0.2, 0) is 6.54 Å². The molecule has 0 aliphatic carbocycles. The maximum Gasteiger partial charge on any atom is 0.116 e. The van der Waals surface area contributed by atoms with Gasteiger partial charge >= 0.3 is 0 Å². The zero-order valence-corrected chi connectivity index (χ0v) is 15.1. The van der Waals surface area contributed by atoms with Crippen LogP contribution in [0, 0.1) is 0 Å². The Kier molecular flexibility index (Phi) is 5.02. The monoisotopic (exact) mass is 346 g/mol. The Bertz CT molecular complexity index is 833. The van der Waals surface area contributed by atoms with Gasteiger partial charge in [-0.05, 0) is 25.9 Å². The van der Waals surface area contributed by atoms with Crippen LogP contribution in [0.15, 0.2) is 60.7 Å². The molecule has 2 heterocycles. The Labute approximate surface area is 155 Å². The van der Waals surface area contributed by atoms with Crippen LogP contribution in [0.3, 0.4) is 0 Å². The molecule has 4 rings (SSSR count). The highest BCUT2D eigenvalue weighted by Gasteiger charge is 2.19. The summed E-state index contributed by atoms with van der Waals surface area (Å²) in [6, 6.07) is 20.6. The highest BCUT2D eigenvalue weighted by molar-refractivity contribution is 5.85. The van der Waals surface area contributed by atoms with Crippen molar-refractivity contribution in [3.05, 3.63) is 60.7 Å². The number of piperidine rings is 1. The van der Waals surface area contributed by atoms with Crippen molar-refractivity contribution in [3.63, 3.8) is 0 Å². The third kappa shape index (κ3) is 3.51. The molecule has 0 radical (unpaired) electrons. The van der Waals surface area contributed by atoms with E-state index in [-0.39, 0.29) is 0 Å². The first-order valence-corrected chi connectivity index (χ1v) is 9.52. The number of anilines is 1. The van der Waals surface area contributed by atoms with Gasteiger partial charge in [0.2, 0.25) is 0 Å². The SMILES string of the molecule is Nc1c(-c2ccccc2)nn(CCN2CCCCC2)c1-c1ccccc1. The second kappa shape index (κ2) is 7.75. The molecular formula is C22H26N4. The number of nitrogen functional groups attached to an aromatic ring is 1. The van der Waals surface area contributed by atoms with Gasteiger partial charge in [0.05, 0.1) is 17.9 Å². The van der Waals surface area contributed by atoms with Crippen LogP contribution in [0.5, 0.6) is 0 Å². The number of rotatable bonds is 5. The molecule has 134 valence electrons. The van der Waals surface area contributed by atoms with Crippen molar-refractivity contribution in [2.75, 3.05) is 25.4 Å². The van der Waals surface area contributed by atoms with Gasteiger partial charge in [0, 0.05) is 17.7 Å². The molecule has 2 N–H and O–H groups in total. The van der Waals surface area contributed by atoms with Crippen molar-refractivity contribution in [1.82, 2.24) is 14.7 Å². The molecule has 0 spiro atoms. The first-order chi connectivity index (χ1) is 12.8. The zero-order valence-electron chi connectivity index (χ0n) is 15.1. The van der Waals surface area contributed by atoms with Crippen LogP contribution >= 0.6 is 0 Å². The van der Waals surface area contributed by atoms with Crippen LogP contribution in [0.2, 0.25) is 0 Å². The van der Waals surface area contributed by atoms with Crippen molar-refractivity contribution in [1.29, 1.82) is 0 Å². The maximum absolute atomic E-state index is 6.58. The fourth-order valence-electron chi connectivity index (χ4n) is 3.77. The van der Waals surface area contributed by atoms with E-state index in [1.54, 1.807) is 0 Å². The number of aromatic nitrogens is 2. The van der Waals surface area contributed by atoms with Gasteiger partial charge in [0.1, 0.15) is 5.69 Å². The first kappa shape index (κ1) is 16.9. The maximum atomic E-state index is 6.58. The van der Waals surface area contributed by atoms with Gasteiger partial charge in [-0.15, -0.1) is 0 Å². The van der Waals surface area contributed by atoms with E-state index in [0.29, 0.717) is 0 Å². The zero-order chi connectivity index (χ0) is 17.8. The van der Waals surface area contributed by atoms with E-state index in [1.165, 1.54) is 32.4 Å². The average molecular weight is 346 g/mol. The molecule has 1 fully saturated rings. The minimum atomic E-state index is 0.765. The smallest absolute Gasteiger partial charge is 0.116 e. The number of nitrogens with two attached hydrogens (primary N) is 1. The van der Waals surface area contributed by atoms with E-state index in [0.717, 1.165) is 41.3 Å². The molecule has 4 heteroatoms. The van der Waals surface area contributed by atoms with Gasteiger partial charge in [-0.25, -0.2) is 0 Å². The predicted molar refractivity (Wildman–Crippen MR) is 108 cm³/mol. The summed E-state index contributed by atoms with van der Waals surface area (Å²) in [7, 11) is 0. The summed E-state index contributed by atoms with van der Waals surface area (Å²) in [5.41, 5.74) is 11.4. The standard InChI is InChI=1S/C22H26N4/c23-20-21(18-10-4-1-5-11-18)24-26(17-16-25-14-8-3-9-15-25)22(20)19-12-6-2-7-13-19/h1-2,4-7,10-13H,3,8-9,14-17,23H2. The Morgan fingerprint density at radius 2 is 1.38 bits per heavy atom. The summed E-state index contributed by atoms with van der Waals surface area (Å²) in [5.74, 6) is 0. The molecule has 0 unspecified atom stereocenters. The summed E-state index contributed by atoms with van der Waals surface area (Å²) in [6.07, 6.45) is 3.97. The van der Waals surface area contributed by atoms with Crippen LogP contribution < -0.4 is 5.73 Å². The minimum Gasteiger partial charge on any atom is -0.395 e. The largest absolute Gasteiger partial charge is 0.395 e. The highest BCUT2D eigenvalue weighted by atomic mass is 15.3. The number of nitrogens with zero attached hydrogens (tertiary/aromatic N) is 3. The molecule has 1 aliphatic heterocycles. The molecule has 1 aliphatic rings. The molecule has 3 aromatic rings. The van der Waals surface area contributed by atoms with Crippen molar-refractivity contribution < 1.29 is 0 Å². The lowest BCUT2D eigenvalue weighted by molar-refractivity contribution is 0.218. The molecule has 2 aromatic carbocycles.